The highest BCUT2D eigenvalue weighted by molar-refractivity contribution is 7.21. The van der Waals surface area contributed by atoms with Crippen molar-refractivity contribution in [2.75, 3.05) is 6.54 Å². The number of aromatic nitrogens is 1. The number of nitrogens with zero attached hydrogens (tertiary/aromatic N) is 1. The molecule has 2 rings (SSSR count). The monoisotopic (exact) mass is 321 g/mol. The summed E-state index contributed by atoms with van der Waals surface area (Å²) in [5.74, 6) is -0.792. The van der Waals surface area contributed by atoms with Gasteiger partial charge in [0.25, 0.3) is 5.91 Å². The van der Waals surface area contributed by atoms with Crippen molar-refractivity contribution in [3.63, 3.8) is 0 Å². The third-order valence-electron chi connectivity index (χ3n) is 2.97. The Bertz CT molecular complexity index is 696. The molecular weight excluding hydrogens is 302 g/mol. The molecule has 0 aromatic carbocycles. The number of amides is 1. The predicted octanol–water partition coefficient (Wildman–Crippen LogP) is 1.61. The van der Waals surface area contributed by atoms with E-state index in [1.54, 1.807) is 26.1 Å². The van der Waals surface area contributed by atoms with E-state index in [1.165, 1.54) is 11.3 Å². The lowest BCUT2D eigenvalue weighted by Crippen LogP contribution is -2.44. The highest BCUT2D eigenvalue weighted by Gasteiger charge is 2.18. The number of carbonyl (C=O) groups excluding carboxylic acids is 2. The van der Waals surface area contributed by atoms with Gasteiger partial charge in [0, 0.05) is 12.7 Å². The van der Waals surface area contributed by atoms with Crippen LogP contribution in [0.4, 0.5) is 0 Å². The minimum absolute atomic E-state index is 0.0328. The van der Waals surface area contributed by atoms with Crippen LogP contribution in [-0.2, 0) is 9.53 Å². The zero-order valence-corrected chi connectivity index (χ0v) is 13.6. The second-order valence-corrected chi connectivity index (χ2v) is 6.31. The molecule has 2 aromatic rings. The minimum atomic E-state index is -0.874. The van der Waals surface area contributed by atoms with E-state index in [1.807, 2.05) is 13.0 Å². The molecule has 7 heteroatoms. The number of rotatable bonds is 5. The molecule has 1 amide bonds. The smallest absolute Gasteiger partial charge is 0.325 e. The number of pyridine rings is 1. The van der Waals surface area contributed by atoms with E-state index in [4.69, 9.17) is 10.5 Å². The van der Waals surface area contributed by atoms with Gasteiger partial charge in [-0.05, 0) is 38.5 Å². The molecule has 2 heterocycles. The predicted molar refractivity (Wildman–Crippen MR) is 85.9 cm³/mol. The third-order valence-corrected chi connectivity index (χ3v) is 4.23. The molecule has 0 unspecified atom stereocenters. The van der Waals surface area contributed by atoms with Gasteiger partial charge in [-0.2, -0.15) is 0 Å². The summed E-state index contributed by atoms with van der Waals surface area (Å²) in [6, 6.07) is 2.76. The minimum Gasteiger partial charge on any atom is -0.462 e. The SMILES string of the molecule is Cc1ccnc2cc(C(=O)NC[C@@H](N)C(=O)OC(C)C)sc12. The molecule has 0 saturated carbocycles. The van der Waals surface area contributed by atoms with Crippen molar-refractivity contribution in [1.29, 1.82) is 0 Å². The number of hydrogen-bond acceptors (Lipinski definition) is 6. The van der Waals surface area contributed by atoms with Crippen LogP contribution < -0.4 is 11.1 Å². The molecule has 0 saturated heterocycles. The number of esters is 1. The zero-order valence-electron chi connectivity index (χ0n) is 12.8. The first-order chi connectivity index (χ1) is 10.4. The van der Waals surface area contributed by atoms with Crippen LogP contribution >= 0.6 is 11.3 Å². The number of nitrogens with two attached hydrogens (primary N) is 1. The third kappa shape index (κ3) is 3.80. The summed E-state index contributed by atoms with van der Waals surface area (Å²) in [5, 5.41) is 2.65. The fourth-order valence-corrected chi connectivity index (χ4v) is 2.87. The van der Waals surface area contributed by atoms with Gasteiger partial charge in [0.15, 0.2) is 0 Å². The lowest BCUT2D eigenvalue weighted by molar-refractivity contribution is -0.148. The summed E-state index contributed by atoms with van der Waals surface area (Å²) < 4.78 is 5.97. The van der Waals surface area contributed by atoms with Crippen LogP contribution in [0.2, 0.25) is 0 Å². The van der Waals surface area contributed by atoms with E-state index in [0.29, 0.717) is 4.88 Å². The highest BCUT2D eigenvalue weighted by Crippen LogP contribution is 2.26. The average molecular weight is 321 g/mol. The van der Waals surface area contributed by atoms with Crippen LogP contribution in [0.15, 0.2) is 18.3 Å². The maximum absolute atomic E-state index is 12.1. The first-order valence-corrected chi connectivity index (χ1v) is 7.79. The molecule has 0 aliphatic heterocycles. The van der Waals surface area contributed by atoms with Crippen LogP contribution in [0.3, 0.4) is 0 Å². The van der Waals surface area contributed by atoms with E-state index in [2.05, 4.69) is 10.3 Å². The van der Waals surface area contributed by atoms with Crippen LogP contribution in [0.1, 0.15) is 29.1 Å². The zero-order chi connectivity index (χ0) is 16.3. The Morgan fingerprint density at radius 3 is 2.82 bits per heavy atom. The van der Waals surface area contributed by atoms with Crippen molar-refractivity contribution >= 4 is 33.4 Å². The summed E-state index contributed by atoms with van der Waals surface area (Å²) in [4.78, 5) is 28.5. The van der Waals surface area contributed by atoms with Gasteiger partial charge in [-0.15, -0.1) is 11.3 Å². The highest BCUT2D eigenvalue weighted by atomic mass is 32.1. The molecule has 118 valence electrons. The standard InChI is InChI=1S/C15H19N3O3S/c1-8(2)21-15(20)10(16)7-18-14(19)12-6-11-13(22-12)9(3)4-5-17-11/h4-6,8,10H,7,16H2,1-3H3,(H,18,19)/t10-/m1/s1. The molecule has 0 bridgehead atoms. The molecule has 1 atom stereocenters. The van der Waals surface area contributed by atoms with Crippen molar-refractivity contribution in [2.24, 2.45) is 5.73 Å². The fourth-order valence-electron chi connectivity index (χ4n) is 1.87. The van der Waals surface area contributed by atoms with Crippen LogP contribution in [0, 0.1) is 6.92 Å². The second kappa shape index (κ2) is 6.85. The Labute approximate surface area is 132 Å². The molecule has 22 heavy (non-hydrogen) atoms. The summed E-state index contributed by atoms with van der Waals surface area (Å²) >= 11 is 1.37. The number of aryl methyl sites for hydroxylation is 1. The number of nitrogens with one attached hydrogen (secondary N) is 1. The molecule has 0 aliphatic rings. The molecular formula is C15H19N3O3S. The summed E-state index contributed by atoms with van der Waals surface area (Å²) in [6.45, 7) is 5.50. The first-order valence-electron chi connectivity index (χ1n) is 6.98. The Balaban J connectivity index is 1.99. The van der Waals surface area contributed by atoms with Gasteiger partial charge < -0.3 is 15.8 Å². The van der Waals surface area contributed by atoms with E-state index in [0.717, 1.165) is 15.8 Å². The Morgan fingerprint density at radius 2 is 2.18 bits per heavy atom. The maximum Gasteiger partial charge on any atom is 0.325 e. The van der Waals surface area contributed by atoms with Crippen LogP contribution in [-0.4, -0.2) is 35.6 Å². The van der Waals surface area contributed by atoms with Crippen molar-refractivity contribution < 1.29 is 14.3 Å². The summed E-state index contributed by atoms with van der Waals surface area (Å²) in [7, 11) is 0. The van der Waals surface area contributed by atoms with Gasteiger partial charge in [-0.3, -0.25) is 14.6 Å². The second-order valence-electron chi connectivity index (χ2n) is 5.26. The molecule has 0 aliphatic carbocycles. The Hall–Kier alpha value is -1.99. The molecule has 0 fully saturated rings. The molecule has 0 radical (unpaired) electrons. The first kappa shape index (κ1) is 16.4. The Kier molecular flexibility index (Phi) is 5.10. The van der Waals surface area contributed by atoms with Crippen molar-refractivity contribution in [1.82, 2.24) is 10.3 Å². The maximum atomic E-state index is 12.1. The van der Waals surface area contributed by atoms with Gasteiger partial charge in [-0.1, -0.05) is 0 Å². The van der Waals surface area contributed by atoms with Gasteiger partial charge in [0.2, 0.25) is 0 Å². The number of ether oxygens (including phenoxy) is 1. The molecule has 2 aromatic heterocycles. The van der Waals surface area contributed by atoms with Crippen LogP contribution in [0.5, 0.6) is 0 Å². The van der Waals surface area contributed by atoms with Crippen molar-refractivity contribution in [3.05, 3.63) is 28.8 Å². The topological polar surface area (TPSA) is 94.3 Å². The van der Waals surface area contributed by atoms with E-state index in [9.17, 15) is 9.59 Å². The van der Waals surface area contributed by atoms with Gasteiger partial charge in [0.1, 0.15) is 6.04 Å². The van der Waals surface area contributed by atoms with E-state index < -0.39 is 12.0 Å². The van der Waals surface area contributed by atoms with Gasteiger partial charge in [-0.25, -0.2) is 0 Å². The number of carbonyl (C=O) groups is 2. The lowest BCUT2D eigenvalue weighted by Gasteiger charge is -2.14. The fraction of sp³-hybridized carbons (Fsp3) is 0.400. The van der Waals surface area contributed by atoms with Crippen molar-refractivity contribution in [2.45, 2.75) is 32.9 Å². The number of hydrogen-bond donors (Lipinski definition) is 2. The van der Waals surface area contributed by atoms with Crippen LogP contribution in [0.25, 0.3) is 10.2 Å². The number of fused-ring (bicyclic) bond motifs is 1. The summed E-state index contributed by atoms with van der Waals surface area (Å²) in [6.07, 6.45) is 1.48. The number of thiophene rings is 1. The average Bonchev–Trinajstić information content (AvgIpc) is 2.89. The quantitative estimate of drug-likeness (QED) is 0.816. The van der Waals surface area contributed by atoms with Crippen molar-refractivity contribution in [3.8, 4) is 0 Å². The van der Waals surface area contributed by atoms with E-state index in [-0.39, 0.29) is 18.6 Å². The van der Waals surface area contributed by atoms with E-state index >= 15 is 0 Å². The lowest BCUT2D eigenvalue weighted by atomic mass is 10.2. The largest absolute Gasteiger partial charge is 0.462 e. The Morgan fingerprint density at radius 1 is 1.45 bits per heavy atom. The van der Waals surface area contributed by atoms with Gasteiger partial charge in [0.05, 0.1) is 21.2 Å². The molecule has 6 nitrogen and oxygen atoms in total. The molecule has 0 spiro atoms. The normalized spacial score (nSPS) is 12.4. The van der Waals surface area contributed by atoms with Gasteiger partial charge >= 0.3 is 5.97 Å². The molecule has 3 N–H and O–H groups in total. The summed E-state index contributed by atoms with van der Waals surface area (Å²) in [5.41, 5.74) is 7.56.